The summed E-state index contributed by atoms with van der Waals surface area (Å²) in [7, 11) is 3.35. The Kier molecular flexibility index (Phi) is 4.59. The zero-order valence-electron chi connectivity index (χ0n) is 11.7. The average molecular weight is 307 g/mol. The van der Waals surface area contributed by atoms with Crippen molar-refractivity contribution >= 4 is 29.1 Å². The Morgan fingerprint density at radius 1 is 1.38 bits per heavy atom. The van der Waals surface area contributed by atoms with Crippen molar-refractivity contribution in [3.63, 3.8) is 0 Å². The van der Waals surface area contributed by atoms with Gasteiger partial charge in [0.15, 0.2) is 0 Å². The molecule has 2 aromatic rings. The molecule has 1 heterocycles. The largest absolute Gasteiger partial charge is 0.345 e. The molecule has 0 aliphatic rings. The zero-order valence-corrected chi connectivity index (χ0v) is 12.5. The van der Waals surface area contributed by atoms with Crippen LogP contribution in [-0.4, -0.2) is 40.6 Å². The molecule has 1 aromatic carbocycles. The fourth-order valence-electron chi connectivity index (χ4n) is 1.76. The van der Waals surface area contributed by atoms with Gasteiger partial charge in [0.1, 0.15) is 6.54 Å². The lowest BCUT2D eigenvalue weighted by Gasteiger charge is -2.11. The first-order chi connectivity index (χ1) is 9.95. The summed E-state index contributed by atoms with van der Waals surface area (Å²) < 4.78 is 1.44. The number of hydrogen-bond donors (Lipinski definition) is 1. The Bertz CT molecular complexity index is 666. The van der Waals surface area contributed by atoms with E-state index in [0.29, 0.717) is 16.3 Å². The van der Waals surface area contributed by atoms with E-state index >= 15 is 0 Å². The highest BCUT2D eigenvalue weighted by Gasteiger charge is 2.10. The van der Waals surface area contributed by atoms with Crippen molar-refractivity contribution in [3.8, 4) is 0 Å². The second-order valence-electron chi connectivity index (χ2n) is 4.68. The van der Waals surface area contributed by atoms with Crippen molar-refractivity contribution < 1.29 is 9.59 Å². The van der Waals surface area contributed by atoms with Crippen LogP contribution in [0.3, 0.4) is 0 Å². The Balaban J connectivity index is 2.04. The van der Waals surface area contributed by atoms with Gasteiger partial charge in [0, 0.05) is 31.5 Å². The van der Waals surface area contributed by atoms with Crippen LogP contribution in [0.4, 0.5) is 5.69 Å². The van der Waals surface area contributed by atoms with Gasteiger partial charge in [0.05, 0.1) is 11.2 Å². The highest BCUT2D eigenvalue weighted by atomic mass is 35.5. The lowest BCUT2D eigenvalue weighted by Crippen LogP contribution is -2.22. The van der Waals surface area contributed by atoms with Crippen LogP contribution < -0.4 is 5.32 Å². The highest BCUT2D eigenvalue weighted by Crippen LogP contribution is 2.12. The smallest absolute Gasteiger partial charge is 0.253 e. The maximum absolute atomic E-state index is 11.9. The monoisotopic (exact) mass is 306 g/mol. The quantitative estimate of drug-likeness (QED) is 0.938. The van der Waals surface area contributed by atoms with E-state index in [1.54, 1.807) is 44.6 Å². The van der Waals surface area contributed by atoms with Crippen molar-refractivity contribution in [3.05, 3.63) is 47.2 Å². The lowest BCUT2D eigenvalue weighted by atomic mass is 10.2. The summed E-state index contributed by atoms with van der Waals surface area (Å²) in [5.41, 5.74) is 1.07. The number of carbonyl (C=O) groups excluding carboxylic acids is 2. The van der Waals surface area contributed by atoms with Crippen LogP contribution >= 0.6 is 11.6 Å². The third-order valence-electron chi connectivity index (χ3n) is 2.71. The van der Waals surface area contributed by atoms with Crippen LogP contribution in [-0.2, 0) is 11.3 Å². The van der Waals surface area contributed by atoms with Gasteiger partial charge in [-0.1, -0.05) is 17.7 Å². The maximum Gasteiger partial charge on any atom is 0.253 e. The fraction of sp³-hybridized carbons (Fsp3) is 0.214. The summed E-state index contributed by atoms with van der Waals surface area (Å²) in [5, 5.41) is 7.12. The maximum atomic E-state index is 11.9. The zero-order chi connectivity index (χ0) is 15.4. The molecular weight excluding hydrogens is 292 g/mol. The van der Waals surface area contributed by atoms with Gasteiger partial charge >= 0.3 is 0 Å². The first kappa shape index (κ1) is 15.1. The molecule has 0 aliphatic heterocycles. The normalized spacial score (nSPS) is 10.2. The first-order valence-corrected chi connectivity index (χ1v) is 6.63. The van der Waals surface area contributed by atoms with Crippen molar-refractivity contribution in [2.24, 2.45) is 0 Å². The molecule has 6 nitrogen and oxygen atoms in total. The lowest BCUT2D eigenvalue weighted by molar-refractivity contribution is -0.116. The number of hydrogen-bond acceptors (Lipinski definition) is 3. The van der Waals surface area contributed by atoms with E-state index in [1.807, 2.05) is 0 Å². The molecule has 1 aromatic heterocycles. The number of nitrogens with zero attached hydrogens (tertiary/aromatic N) is 3. The van der Waals surface area contributed by atoms with Crippen LogP contribution in [0.1, 0.15) is 10.4 Å². The predicted molar refractivity (Wildman–Crippen MR) is 80.3 cm³/mol. The van der Waals surface area contributed by atoms with E-state index in [9.17, 15) is 9.59 Å². The standard InChI is InChI=1S/C14H15ClN4O2/c1-18(2)14(21)10-4-3-5-12(6-10)17-13(20)9-19-8-11(15)7-16-19/h3-8H,9H2,1-2H3,(H,17,20). The van der Waals surface area contributed by atoms with Gasteiger partial charge < -0.3 is 10.2 Å². The van der Waals surface area contributed by atoms with E-state index in [4.69, 9.17) is 11.6 Å². The van der Waals surface area contributed by atoms with E-state index in [1.165, 1.54) is 15.8 Å². The Labute approximate surface area is 127 Å². The molecule has 7 heteroatoms. The van der Waals surface area contributed by atoms with Crippen molar-refractivity contribution in [2.45, 2.75) is 6.54 Å². The van der Waals surface area contributed by atoms with Gasteiger partial charge in [-0.05, 0) is 18.2 Å². The summed E-state index contributed by atoms with van der Waals surface area (Å²) in [4.78, 5) is 25.2. The van der Waals surface area contributed by atoms with Crippen LogP contribution in [0.25, 0.3) is 0 Å². The van der Waals surface area contributed by atoms with Gasteiger partial charge in [-0.2, -0.15) is 5.10 Å². The highest BCUT2D eigenvalue weighted by molar-refractivity contribution is 6.30. The Hall–Kier alpha value is -2.34. The minimum atomic E-state index is -0.246. The summed E-state index contributed by atoms with van der Waals surface area (Å²) >= 11 is 5.73. The summed E-state index contributed by atoms with van der Waals surface area (Å²) in [6.45, 7) is 0.0541. The predicted octanol–water partition coefficient (Wildman–Crippen LogP) is 1.88. The van der Waals surface area contributed by atoms with E-state index in [-0.39, 0.29) is 18.4 Å². The third kappa shape index (κ3) is 4.06. The minimum absolute atomic E-state index is 0.0541. The number of aromatic nitrogens is 2. The van der Waals surface area contributed by atoms with Crippen LogP contribution in [0.5, 0.6) is 0 Å². The second-order valence-corrected chi connectivity index (χ2v) is 5.12. The van der Waals surface area contributed by atoms with Gasteiger partial charge in [0.2, 0.25) is 5.91 Å². The molecule has 0 aliphatic carbocycles. The van der Waals surface area contributed by atoms with E-state index < -0.39 is 0 Å². The summed E-state index contributed by atoms with van der Waals surface area (Å²) in [6, 6.07) is 6.78. The van der Waals surface area contributed by atoms with E-state index in [2.05, 4.69) is 10.4 Å². The van der Waals surface area contributed by atoms with E-state index in [0.717, 1.165) is 0 Å². The summed E-state index contributed by atoms with van der Waals surface area (Å²) in [6.07, 6.45) is 3.03. The molecule has 0 unspecified atom stereocenters. The molecule has 0 fully saturated rings. The van der Waals surface area contributed by atoms with Crippen LogP contribution in [0, 0.1) is 0 Å². The SMILES string of the molecule is CN(C)C(=O)c1cccc(NC(=O)Cn2cc(Cl)cn2)c1. The molecule has 2 amide bonds. The molecule has 0 saturated carbocycles. The molecule has 1 N–H and O–H groups in total. The topological polar surface area (TPSA) is 67.2 Å². The Morgan fingerprint density at radius 2 is 2.14 bits per heavy atom. The van der Waals surface area contributed by atoms with Gasteiger partial charge in [-0.15, -0.1) is 0 Å². The first-order valence-electron chi connectivity index (χ1n) is 6.25. The molecule has 0 spiro atoms. The Morgan fingerprint density at radius 3 is 2.76 bits per heavy atom. The van der Waals surface area contributed by atoms with Crippen molar-refractivity contribution in [1.82, 2.24) is 14.7 Å². The van der Waals surface area contributed by atoms with Crippen molar-refractivity contribution in [1.29, 1.82) is 0 Å². The molecule has 110 valence electrons. The fourth-order valence-corrected chi connectivity index (χ4v) is 1.92. The third-order valence-corrected chi connectivity index (χ3v) is 2.90. The van der Waals surface area contributed by atoms with Crippen LogP contribution in [0.2, 0.25) is 5.02 Å². The number of rotatable bonds is 4. The average Bonchev–Trinajstić information content (AvgIpc) is 2.83. The number of amides is 2. The summed E-state index contributed by atoms with van der Waals surface area (Å²) in [5.74, 6) is -0.367. The minimum Gasteiger partial charge on any atom is -0.345 e. The van der Waals surface area contributed by atoms with Gasteiger partial charge in [-0.3, -0.25) is 14.3 Å². The molecule has 0 saturated heterocycles. The number of anilines is 1. The molecule has 0 atom stereocenters. The molecule has 2 rings (SSSR count). The van der Waals surface area contributed by atoms with Gasteiger partial charge in [-0.25, -0.2) is 0 Å². The second kappa shape index (κ2) is 6.41. The van der Waals surface area contributed by atoms with Crippen LogP contribution in [0.15, 0.2) is 36.7 Å². The van der Waals surface area contributed by atoms with Crippen molar-refractivity contribution in [2.75, 3.05) is 19.4 Å². The molecule has 0 bridgehead atoms. The molecular formula is C14H15ClN4O2. The number of benzene rings is 1. The molecule has 0 radical (unpaired) electrons. The number of halogens is 1. The van der Waals surface area contributed by atoms with Gasteiger partial charge in [0.25, 0.3) is 5.91 Å². The number of carbonyl (C=O) groups is 2. The number of nitrogens with one attached hydrogen (secondary N) is 1. The molecule has 21 heavy (non-hydrogen) atoms.